The van der Waals surface area contributed by atoms with E-state index in [9.17, 15) is 14.7 Å². The molecule has 1 aromatic heterocycles. The highest BCUT2D eigenvalue weighted by Gasteiger charge is 2.22. The molecule has 6 nitrogen and oxygen atoms in total. The van der Waals surface area contributed by atoms with Gasteiger partial charge < -0.3 is 19.1 Å². The number of nitrogens with zero attached hydrogens (tertiary/aromatic N) is 1. The van der Waals surface area contributed by atoms with Crippen LogP contribution in [0.25, 0.3) is 10.9 Å². The molecule has 2 aromatic rings. The van der Waals surface area contributed by atoms with E-state index in [1.807, 2.05) is 26.8 Å². The van der Waals surface area contributed by atoms with Gasteiger partial charge in [0.25, 0.3) is 5.56 Å². The molecule has 0 spiro atoms. The van der Waals surface area contributed by atoms with Gasteiger partial charge in [-0.25, -0.2) is 0 Å². The van der Waals surface area contributed by atoms with Gasteiger partial charge in [-0.1, -0.05) is 17.2 Å². The summed E-state index contributed by atoms with van der Waals surface area (Å²) in [4.78, 5) is 24.8. The number of aromatic hydroxyl groups is 1. The van der Waals surface area contributed by atoms with Crippen LogP contribution in [0, 0.1) is 0 Å². The number of hydrogen-bond donors (Lipinski definition) is 1. The Bertz CT molecular complexity index is 1040. The molecular formula is C24H31NO5. The average Bonchev–Trinajstić information content (AvgIpc) is 2.63. The second-order valence-corrected chi connectivity index (χ2v) is 7.90. The Morgan fingerprint density at radius 2 is 1.83 bits per heavy atom. The Kier molecular flexibility index (Phi) is 7.86. The van der Waals surface area contributed by atoms with Gasteiger partial charge in [-0.3, -0.25) is 9.59 Å². The van der Waals surface area contributed by atoms with Crippen molar-refractivity contribution in [3.8, 4) is 17.2 Å². The Morgan fingerprint density at radius 3 is 2.43 bits per heavy atom. The fraction of sp³-hybridized carbons (Fsp3) is 0.417. The van der Waals surface area contributed by atoms with Gasteiger partial charge in [0.15, 0.2) is 5.75 Å². The van der Waals surface area contributed by atoms with Gasteiger partial charge in [0, 0.05) is 24.4 Å². The monoisotopic (exact) mass is 413 g/mol. The second-order valence-electron chi connectivity index (χ2n) is 7.90. The molecule has 1 aromatic carbocycles. The highest BCUT2D eigenvalue weighted by atomic mass is 16.6. The molecule has 0 saturated carbocycles. The van der Waals surface area contributed by atoms with E-state index in [-0.39, 0.29) is 29.9 Å². The fourth-order valence-corrected chi connectivity index (χ4v) is 3.20. The number of phenols is 1. The molecule has 0 aliphatic rings. The number of ether oxygens (including phenoxy) is 2. The lowest BCUT2D eigenvalue weighted by molar-refractivity contribution is -0.132. The first-order valence-electron chi connectivity index (χ1n) is 10.1. The maximum Gasteiger partial charge on any atom is 0.308 e. The van der Waals surface area contributed by atoms with E-state index in [4.69, 9.17) is 9.47 Å². The van der Waals surface area contributed by atoms with Gasteiger partial charge >= 0.3 is 5.97 Å². The van der Waals surface area contributed by atoms with Crippen molar-refractivity contribution in [3.05, 3.63) is 51.9 Å². The summed E-state index contributed by atoms with van der Waals surface area (Å²) < 4.78 is 12.7. The minimum Gasteiger partial charge on any atom is -0.508 e. The van der Waals surface area contributed by atoms with Gasteiger partial charge in [-0.2, -0.15) is 0 Å². The first-order chi connectivity index (χ1) is 14.1. The lowest BCUT2D eigenvalue weighted by atomic mass is 10.1. The van der Waals surface area contributed by atoms with Crippen LogP contribution in [0.15, 0.2) is 46.3 Å². The zero-order valence-electron chi connectivity index (χ0n) is 18.6. The van der Waals surface area contributed by atoms with E-state index in [0.717, 1.165) is 12.8 Å². The van der Waals surface area contributed by atoms with E-state index in [2.05, 4.69) is 19.9 Å². The van der Waals surface area contributed by atoms with Crippen LogP contribution in [-0.4, -0.2) is 22.2 Å². The van der Waals surface area contributed by atoms with Crippen LogP contribution in [0.3, 0.4) is 0 Å². The lowest BCUT2D eigenvalue weighted by Gasteiger charge is -2.19. The van der Waals surface area contributed by atoms with Crippen molar-refractivity contribution >= 4 is 16.9 Å². The van der Waals surface area contributed by atoms with Crippen LogP contribution in [-0.2, 0) is 4.79 Å². The van der Waals surface area contributed by atoms with Gasteiger partial charge in [0.1, 0.15) is 12.4 Å². The van der Waals surface area contributed by atoms with Gasteiger partial charge in [0.2, 0.25) is 5.75 Å². The van der Waals surface area contributed by atoms with Crippen molar-refractivity contribution in [2.75, 3.05) is 6.61 Å². The summed E-state index contributed by atoms with van der Waals surface area (Å²) in [6.07, 6.45) is 6.00. The summed E-state index contributed by atoms with van der Waals surface area (Å²) in [5, 5.41) is 10.5. The van der Waals surface area contributed by atoms with Crippen molar-refractivity contribution < 1.29 is 19.4 Å². The Morgan fingerprint density at radius 1 is 1.13 bits per heavy atom. The normalized spacial score (nSPS) is 11.6. The van der Waals surface area contributed by atoms with Crippen LogP contribution in [0.4, 0.5) is 0 Å². The molecule has 0 aliphatic carbocycles. The summed E-state index contributed by atoms with van der Waals surface area (Å²) >= 11 is 0. The van der Waals surface area contributed by atoms with Gasteiger partial charge in [-0.15, -0.1) is 0 Å². The summed E-state index contributed by atoms with van der Waals surface area (Å²) in [5.74, 6) is -0.489. The van der Waals surface area contributed by atoms with E-state index in [1.54, 1.807) is 6.07 Å². The molecule has 0 unspecified atom stereocenters. The third kappa shape index (κ3) is 5.75. The smallest absolute Gasteiger partial charge is 0.308 e. The first kappa shape index (κ1) is 23.3. The molecule has 1 heterocycles. The molecule has 1 N–H and O–H groups in total. The third-order valence-corrected chi connectivity index (χ3v) is 4.62. The average molecular weight is 414 g/mol. The number of allylic oxidation sites excluding steroid dienone is 3. The van der Waals surface area contributed by atoms with E-state index < -0.39 is 11.5 Å². The minimum atomic E-state index is -0.598. The molecule has 0 saturated heterocycles. The number of pyridine rings is 1. The molecule has 0 radical (unpaired) electrons. The van der Waals surface area contributed by atoms with E-state index >= 15 is 0 Å². The number of rotatable bonds is 8. The molecule has 0 atom stereocenters. The maximum atomic E-state index is 13.1. The zero-order chi connectivity index (χ0) is 22.4. The fourth-order valence-electron chi connectivity index (χ4n) is 3.20. The van der Waals surface area contributed by atoms with E-state index in [1.165, 1.54) is 34.8 Å². The predicted octanol–water partition coefficient (Wildman–Crippen LogP) is 5.28. The van der Waals surface area contributed by atoms with Crippen molar-refractivity contribution in [1.29, 1.82) is 0 Å². The number of fused-ring (bicyclic) bond motifs is 1. The molecule has 6 heteroatoms. The van der Waals surface area contributed by atoms with Crippen LogP contribution in [0.5, 0.6) is 17.2 Å². The Hall–Kier alpha value is -3.02. The molecule has 0 aliphatic heterocycles. The number of aromatic nitrogens is 1. The number of carbonyl (C=O) groups excluding carboxylic acids is 1. The SMILES string of the molecule is CC(=O)Oc1c(OC/C=C(\C)CCC=C(C)C)c2ccc(O)cc2n(C(C)C)c1=O. The summed E-state index contributed by atoms with van der Waals surface area (Å²) in [6.45, 7) is 11.3. The zero-order valence-corrected chi connectivity index (χ0v) is 18.6. The lowest BCUT2D eigenvalue weighted by Crippen LogP contribution is -2.26. The number of esters is 1. The minimum absolute atomic E-state index is 0.0394. The topological polar surface area (TPSA) is 77.8 Å². The number of phenolic OH excluding ortho intramolecular Hbond substituents is 1. The summed E-state index contributed by atoms with van der Waals surface area (Å²) in [5.41, 5.74) is 2.49. The van der Waals surface area contributed by atoms with Crippen molar-refractivity contribution in [1.82, 2.24) is 4.57 Å². The standard InChI is InChI=1S/C24H31NO5/c1-15(2)8-7-9-17(5)12-13-29-22-20-11-10-19(27)14-21(20)25(16(3)4)24(28)23(22)30-18(6)26/h8,10-12,14,16,27H,7,9,13H2,1-6H3/b17-12+. The first-order valence-corrected chi connectivity index (χ1v) is 10.1. The van der Waals surface area contributed by atoms with E-state index in [0.29, 0.717) is 10.9 Å². The molecule has 0 bridgehead atoms. The largest absolute Gasteiger partial charge is 0.508 e. The van der Waals surface area contributed by atoms with Gasteiger partial charge in [-0.05, 0) is 65.7 Å². The van der Waals surface area contributed by atoms with Gasteiger partial charge in [0.05, 0.1) is 5.52 Å². The highest BCUT2D eigenvalue weighted by molar-refractivity contribution is 5.90. The Balaban J connectivity index is 2.49. The quantitative estimate of drug-likeness (QED) is 0.470. The number of carbonyl (C=O) groups is 1. The van der Waals surface area contributed by atoms with Crippen molar-refractivity contribution in [2.24, 2.45) is 0 Å². The second kappa shape index (κ2) is 10.1. The predicted molar refractivity (Wildman–Crippen MR) is 119 cm³/mol. The third-order valence-electron chi connectivity index (χ3n) is 4.62. The molecule has 2 rings (SSSR count). The van der Waals surface area contributed by atoms with Crippen molar-refractivity contribution in [2.45, 2.75) is 60.4 Å². The van der Waals surface area contributed by atoms with Crippen LogP contribution < -0.4 is 15.0 Å². The van der Waals surface area contributed by atoms with Crippen molar-refractivity contribution in [3.63, 3.8) is 0 Å². The molecule has 162 valence electrons. The molecule has 0 fully saturated rings. The van der Waals surface area contributed by atoms with Crippen LogP contribution >= 0.6 is 0 Å². The van der Waals surface area contributed by atoms with Crippen LogP contribution in [0.1, 0.15) is 60.4 Å². The molecule has 30 heavy (non-hydrogen) atoms. The number of benzene rings is 1. The maximum absolute atomic E-state index is 13.1. The number of hydrogen-bond acceptors (Lipinski definition) is 5. The molecular weight excluding hydrogens is 382 g/mol. The highest BCUT2D eigenvalue weighted by Crippen LogP contribution is 2.35. The summed E-state index contributed by atoms with van der Waals surface area (Å²) in [7, 11) is 0. The summed E-state index contributed by atoms with van der Waals surface area (Å²) in [6, 6.07) is 4.49. The Labute approximate surface area is 177 Å². The molecule has 0 amide bonds. The van der Waals surface area contributed by atoms with Crippen LogP contribution in [0.2, 0.25) is 0 Å².